The molecule has 3 rings (SSSR count). The summed E-state index contributed by atoms with van der Waals surface area (Å²) in [5, 5.41) is 15.1. The Morgan fingerprint density at radius 3 is 2.83 bits per heavy atom. The van der Waals surface area contributed by atoms with Crippen molar-refractivity contribution in [1.29, 1.82) is 0 Å². The van der Waals surface area contributed by atoms with Gasteiger partial charge in [0.25, 0.3) is 0 Å². The van der Waals surface area contributed by atoms with Crippen LogP contribution in [-0.4, -0.2) is 40.0 Å². The lowest BCUT2D eigenvalue weighted by Crippen LogP contribution is -2.38. The van der Waals surface area contributed by atoms with E-state index in [1.54, 1.807) is 0 Å². The molecule has 0 spiro atoms. The second-order valence-corrected chi connectivity index (χ2v) is 7.65. The van der Waals surface area contributed by atoms with Crippen LogP contribution in [0.5, 0.6) is 11.5 Å². The summed E-state index contributed by atoms with van der Waals surface area (Å²) in [6.07, 6.45) is 3.33. The zero-order valence-corrected chi connectivity index (χ0v) is 18.8. The van der Waals surface area contributed by atoms with Gasteiger partial charge in [-0.05, 0) is 39.3 Å². The molecule has 0 saturated carbocycles. The van der Waals surface area contributed by atoms with Crippen LogP contribution in [0.2, 0.25) is 0 Å². The highest BCUT2D eigenvalue weighted by Gasteiger charge is 2.21. The zero-order valence-electron chi connectivity index (χ0n) is 18.8. The number of hydrogen-bond donors (Lipinski definition) is 2. The van der Waals surface area contributed by atoms with Crippen LogP contribution in [-0.2, 0) is 26.6 Å². The Bertz CT molecular complexity index is 877. The molecule has 30 heavy (non-hydrogen) atoms. The molecule has 164 valence electrons. The molecule has 0 amide bonds. The largest absolute Gasteiger partial charge is 0.494 e. The van der Waals surface area contributed by atoms with E-state index in [1.807, 2.05) is 25.5 Å². The van der Waals surface area contributed by atoms with Gasteiger partial charge in [-0.15, -0.1) is 10.2 Å². The summed E-state index contributed by atoms with van der Waals surface area (Å²) >= 11 is 0. The first-order valence-electron chi connectivity index (χ1n) is 10.8. The SMILES string of the molecule is CCCCNC(=NCc1cc2c(cc1OCC)CC(C)O2)NCc1nnc(C)n1C. The third-order valence-corrected chi connectivity index (χ3v) is 5.21. The third-order valence-electron chi connectivity index (χ3n) is 5.21. The molecule has 8 heteroatoms. The number of aryl methyl sites for hydroxylation is 1. The van der Waals surface area contributed by atoms with Gasteiger partial charge in [0, 0.05) is 31.1 Å². The van der Waals surface area contributed by atoms with Crippen LogP contribution in [0.15, 0.2) is 17.1 Å². The van der Waals surface area contributed by atoms with Crippen molar-refractivity contribution < 1.29 is 9.47 Å². The number of unbranched alkanes of at least 4 members (excludes halogenated alkanes) is 1. The van der Waals surface area contributed by atoms with Crippen LogP contribution in [0.25, 0.3) is 0 Å². The molecule has 1 unspecified atom stereocenters. The molecular formula is C22H34N6O2. The third kappa shape index (κ3) is 5.43. The Balaban J connectivity index is 1.75. The van der Waals surface area contributed by atoms with Crippen molar-refractivity contribution >= 4 is 5.96 Å². The van der Waals surface area contributed by atoms with Gasteiger partial charge in [-0.3, -0.25) is 0 Å². The predicted octanol–water partition coefficient (Wildman–Crippen LogP) is 2.88. The summed E-state index contributed by atoms with van der Waals surface area (Å²) in [4.78, 5) is 4.81. The lowest BCUT2D eigenvalue weighted by molar-refractivity contribution is 0.254. The number of aromatic nitrogens is 3. The van der Waals surface area contributed by atoms with Crippen molar-refractivity contribution in [3.05, 3.63) is 34.9 Å². The quantitative estimate of drug-likeness (QED) is 0.373. The molecule has 1 atom stereocenters. The number of nitrogens with one attached hydrogen (secondary N) is 2. The Labute approximate surface area is 179 Å². The van der Waals surface area contributed by atoms with Gasteiger partial charge in [0.05, 0.1) is 19.7 Å². The maximum atomic E-state index is 5.93. The van der Waals surface area contributed by atoms with E-state index in [4.69, 9.17) is 14.5 Å². The fraction of sp³-hybridized carbons (Fsp3) is 0.591. The first-order chi connectivity index (χ1) is 14.5. The molecule has 2 heterocycles. The molecule has 0 aliphatic carbocycles. The normalized spacial score (nSPS) is 15.6. The van der Waals surface area contributed by atoms with Crippen molar-refractivity contribution in [3.8, 4) is 11.5 Å². The average molecular weight is 415 g/mol. The molecule has 0 radical (unpaired) electrons. The second kappa shape index (κ2) is 10.3. The molecule has 1 aromatic carbocycles. The number of benzene rings is 1. The monoisotopic (exact) mass is 414 g/mol. The van der Waals surface area contributed by atoms with E-state index in [0.29, 0.717) is 19.7 Å². The Morgan fingerprint density at radius 1 is 1.30 bits per heavy atom. The Kier molecular flexibility index (Phi) is 7.54. The minimum Gasteiger partial charge on any atom is -0.494 e. The maximum Gasteiger partial charge on any atom is 0.191 e. The molecule has 8 nitrogen and oxygen atoms in total. The molecule has 1 aliphatic rings. The van der Waals surface area contributed by atoms with E-state index in [2.05, 4.69) is 46.8 Å². The van der Waals surface area contributed by atoms with Crippen LogP contribution in [0.3, 0.4) is 0 Å². The van der Waals surface area contributed by atoms with E-state index in [0.717, 1.165) is 60.5 Å². The smallest absolute Gasteiger partial charge is 0.191 e. The molecule has 0 saturated heterocycles. The topological polar surface area (TPSA) is 85.6 Å². The van der Waals surface area contributed by atoms with Crippen LogP contribution in [0, 0.1) is 6.92 Å². The molecule has 2 N–H and O–H groups in total. The lowest BCUT2D eigenvalue weighted by Gasteiger charge is -2.14. The van der Waals surface area contributed by atoms with E-state index in [-0.39, 0.29) is 6.10 Å². The van der Waals surface area contributed by atoms with Crippen molar-refractivity contribution in [2.45, 2.75) is 66.2 Å². The summed E-state index contributed by atoms with van der Waals surface area (Å²) in [6.45, 7) is 10.7. The van der Waals surface area contributed by atoms with Crippen molar-refractivity contribution in [3.63, 3.8) is 0 Å². The number of nitrogens with zero attached hydrogens (tertiary/aromatic N) is 4. The van der Waals surface area contributed by atoms with Crippen LogP contribution >= 0.6 is 0 Å². The van der Waals surface area contributed by atoms with Crippen LogP contribution in [0.4, 0.5) is 0 Å². The number of hydrogen-bond acceptors (Lipinski definition) is 5. The Hall–Kier alpha value is -2.77. The molecule has 1 aromatic heterocycles. The minimum atomic E-state index is 0.205. The second-order valence-electron chi connectivity index (χ2n) is 7.65. The fourth-order valence-electron chi connectivity index (χ4n) is 3.38. The molecule has 1 aliphatic heterocycles. The maximum absolute atomic E-state index is 5.93. The minimum absolute atomic E-state index is 0.205. The van der Waals surface area contributed by atoms with E-state index < -0.39 is 0 Å². The number of rotatable bonds is 9. The average Bonchev–Trinajstić information content (AvgIpc) is 3.24. The van der Waals surface area contributed by atoms with Gasteiger partial charge in [-0.2, -0.15) is 0 Å². The summed E-state index contributed by atoms with van der Waals surface area (Å²) in [6, 6.07) is 4.18. The number of guanidine groups is 1. The summed E-state index contributed by atoms with van der Waals surface area (Å²) in [5.41, 5.74) is 2.23. The van der Waals surface area contributed by atoms with E-state index in [1.165, 1.54) is 5.56 Å². The fourth-order valence-corrected chi connectivity index (χ4v) is 3.38. The molecular weight excluding hydrogens is 380 g/mol. The summed E-state index contributed by atoms with van der Waals surface area (Å²) in [7, 11) is 1.97. The number of fused-ring (bicyclic) bond motifs is 1. The first kappa shape index (κ1) is 21.9. The lowest BCUT2D eigenvalue weighted by atomic mass is 10.1. The molecule has 0 bridgehead atoms. The van der Waals surface area contributed by atoms with Gasteiger partial charge < -0.3 is 24.7 Å². The predicted molar refractivity (Wildman–Crippen MR) is 118 cm³/mol. The van der Waals surface area contributed by atoms with Gasteiger partial charge in [0.2, 0.25) is 0 Å². The van der Waals surface area contributed by atoms with Gasteiger partial charge in [0.15, 0.2) is 11.8 Å². The van der Waals surface area contributed by atoms with Gasteiger partial charge in [0.1, 0.15) is 23.4 Å². The van der Waals surface area contributed by atoms with Gasteiger partial charge >= 0.3 is 0 Å². The summed E-state index contributed by atoms with van der Waals surface area (Å²) in [5.74, 6) is 4.33. The highest BCUT2D eigenvalue weighted by Crippen LogP contribution is 2.35. The standard InChI is InChI=1S/C22H34N6O2/c1-6-8-9-23-22(25-14-21-27-26-16(4)28(21)5)24-13-18-12-20-17(10-15(3)30-20)11-19(18)29-7-2/h11-12,15H,6-10,13-14H2,1-5H3,(H2,23,24,25). The van der Waals surface area contributed by atoms with Crippen molar-refractivity contribution in [1.82, 2.24) is 25.4 Å². The first-order valence-corrected chi connectivity index (χ1v) is 10.8. The van der Waals surface area contributed by atoms with E-state index in [9.17, 15) is 0 Å². The van der Waals surface area contributed by atoms with Crippen LogP contribution in [0.1, 0.15) is 56.4 Å². The summed E-state index contributed by atoms with van der Waals surface area (Å²) < 4.78 is 13.8. The van der Waals surface area contributed by atoms with Gasteiger partial charge in [-0.25, -0.2) is 4.99 Å². The van der Waals surface area contributed by atoms with Crippen LogP contribution < -0.4 is 20.1 Å². The number of aliphatic imine (C=N–C) groups is 1. The van der Waals surface area contributed by atoms with E-state index >= 15 is 0 Å². The highest BCUT2D eigenvalue weighted by atomic mass is 16.5. The van der Waals surface area contributed by atoms with Gasteiger partial charge in [-0.1, -0.05) is 13.3 Å². The molecule has 2 aromatic rings. The number of ether oxygens (including phenoxy) is 2. The Morgan fingerprint density at radius 2 is 2.13 bits per heavy atom. The highest BCUT2D eigenvalue weighted by molar-refractivity contribution is 5.79. The van der Waals surface area contributed by atoms with Crippen molar-refractivity contribution in [2.75, 3.05) is 13.2 Å². The zero-order chi connectivity index (χ0) is 21.5. The molecule has 0 fully saturated rings. The van der Waals surface area contributed by atoms with Crippen molar-refractivity contribution in [2.24, 2.45) is 12.0 Å².